The second-order valence-corrected chi connectivity index (χ2v) is 11.3. The van der Waals surface area contributed by atoms with Gasteiger partial charge in [-0.1, -0.05) is 86.2 Å². The normalized spacial score (nSPS) is 15.0. The standard InChI is InChI=1S/C34H42ClN3O4/c1-36-23-31(18-24-10-5-3-6-11-24)38-33(39)29-20-27(25-12-7-4-8-13-25)19-28(21-29)32(26-14-9-15-30(35)22-26)42-17-16-37-34(40)41-2/h4,7-9,12-15,19-22,24,31-32,36H,3,5-6,10-11,16-18,23H2,1-2H3,(H,37,40)(H,38,39)/t31-,32?/m0/s1. The molecule has 0 saturated heterocycles. The van der Waals surface area contributed by atoms with Gasteiger partial charge in [-0.05, 0) is 72.0 Å². The Morgan fingerprint density at radius 2 is 1.71 bits per heavy atom. The lowest BCUT2D eigenvalue weighted by molar-refractivity contribution is 0.0804. The minimum absolute atomic E-state index is 0.0406. The first-order chi connectivity index (χ1) is 20.5. The van der Waals surface area contributed by atoms with Gasteiger partial charge in [0.25, 0.3) is 5.91 Å². The smallest absolute Gasteiger partial charge is 0.406 e. The molecule has 1 aliphatic carbocycles. The molecule has 1 aliphatic rings. The molecule has 7 nitrogen and oxygen atoms in total. The predicted molar refractivity (Wildman–Crippen MR) is 168 cm³/mol. The molecule has 1 saturated carbocycles. The summed E-state index contributed by atoms with van der Waals surface area (Å²) < 4.78 is 11.0. The van der Waals surface area contributed by atoms with E-state index in [9.17, 15) is 9.59 Å². The van der Waals surface area contributed by atoms with Crippen LogP contribution in [0.5, 0.6) is 0 Å². The third-order valence-corrected chi connectivity index (χ3v) is 7.98. The highest BCUT2D eigenvalue weighted by Crippen LogP contribution is 2.33. The zero-order valence-electron chi connectivity index (χ0n) is 24.5. The summed E-state index contributed by atoms with van der Waals surface area (Å²) in [6.07, 6.45) is 6.24. The first kappa shape index (κ1) is 31.5. The number of ether oxygens (including phenoxy) is 2. The number of halogens is 1. The molecule has 3 aromatic rings. The number of rotatable bonds is 13. The van der Waals surface area contributed by atoms with E-state index in [1.807, 2.05) is 73.8 Å². The second kappa shape index (κ2) is 16.3. The van der Waals surface area contributed by atoms with Gasteiger partial charge in [0.05, 0.1) is 13.7 Å². The van der Waals surface area contributed by atoms with Crippen molar-refractivity contribution >= 4 is 23.6 Å². The molecule has 3 N–H and O–H groups in total. The third kappa shape index (κ3) is 9.31. The molecular formula is C34H42ClN3O4. The first-order valence-corrected chi connectivity index (χ1v) is 15.2. The van der Waals surface area contributed by atoms with Crippen molar-refractivity contribution in [2.24, 2.45) is 5.92 Å². The number of hydrogen-bond acceptors (Lipinski definition) is 5. The lowest BCUT2D eigenvalue weighted by Gasteiger charge is -2.27. The van der Waals surface area contributed by atoms with Crippen LogP contribution in [-0.2, 0) is 9.47 Å². The van der Waals surface area contributed by atoms with Crippen LogP contribution in [0, 0.1) is 5.92 Å². The lowest BCUT2D eigenvalue weighted by Crippen LogP contribution is -2.42. The second-order valence-electron chi connectivity index (χ2n) is 10.9. The van der Waals surface area contributed by atoms with E-state index in [1.54, 1.807) is 0 Å². The highest BCUT2D eigenvalue weighted by atomic mass is 35.5. The van der Waals surface area contributed by atoms with Crippen LogP contribution in [0.15, 0.2) is 72.8 Å². The van der Waals surface area contributed by atoms with Crippen molar-refractivity contribution in [3.05, 3.63) is 94.5 Å². The minimum Gasteiger partial charge on any atom is -0.453 e. The molecule has 0 aliphatic heterocycles. The lowest BCUT2D eigenvalue weighted by atomic mass is 9.84. The quantitative estimate of drug-likeness (QED) is 0.191. The maximum atomic E-state index is 13.8. The average molecular weight is 592 g/mol. The summed E-state index contributed by atoms with van der Waals surface area (Å²) in [7, 11) is 3.25. The molecule has 42 heavy (non-hydrogen) atoms. The molecular weight excluding hydrogens is 550 g/mol. The number of methoxy groups -OCH3 is 1. The van der Waals surface area contributed by atoms with Gasteiger partial charge in [0.2, 0.25) is 0 Å². The van der Waals surface area contributed by atoms with E-state index in [0.717, 1.165) is 35.2 Å². The van der Waals surface area contributed by atoms with Crippen LogP contribution in [0.3, 0.4) is 0 Å². The van der Waals surface area contributed by atoms with Crippen LogP contribution in [0.2, 0.25) is 5.02 Å². The zero-order valence-corrected chi connectivity index (χ0v) is 25.3. The highest BCUT2D eigenvalue weighted by molar-refractivity contribution is 6.30. The summed E-state index contributed by atoms with van der Waals surface area (Å²) in [6.45, 7) is 1.21. The molecule has 1 fully saturated rings. The Kier molecular flexibility index (Phi) is 12.2. The molecule has 4 rings (SSSR count). The SMILES string of the molecule is CNC[C@H](CC1CCCCC1)NC(=O)c1cc(-c2ccccc2)cc(C(OCCNC(=O)OC)c2cccc(Cl)c2)c1. The van der Waals surface area contributed by atoms with Crippen LogP contribution in [-0.4, -0.2) is 51.9 Å². The van der Waals surface area contributed by atoms with Crippen LogP contribution >= 0.6 is 11.6 Å². The summed E-state index contributed by atoms with van der Waals surface area (Å²) in [5.41, 5.74) is 4.15. The molecule has 224 valence electrons. The topological polar surface area (TPSA) is 88.7 Å². The van der Waals surface area contributed by atoms with Crippen LogP contribution in [0.1, 0.15) is 66.1 Å². The van der Waals surface area contributed by atoms with Gasteiger partial charge in [0, 0.05) is 29.7 Å². The molecule has 8 heteroatoms. The zero-order chi connectivity index (χ0) is 29.7. The van der Waals surface area contributed by atoms with Gasteiger partial charge in [-0.2, -0.15) is 0 Å². The Morgan fingerprint density at radius 3 is 2.43 bits per heavy atom. The number of carbonyl (C=O) groups excluding carboxylic acids is 2. The van der Waals surface area contributed by atoms with E-state index in [4.69, 9.17) is 16.3 Å². The van der Waals surface area contributed by atoms with Gasteiger partial charge in [-0.15, -0.1) is 0 Å². The summed E-state index contributed by atoms with van der Waals surface area (Å²) >= 11 is 6.37. The molecule has 0 aromatic heterocycles. The van der Waals surface area contributed by atoms with E-state index in [-0.39, 0.29) is 25.1 Å². The van der Waals surface area contributed by atoms with E-state index in [0.29, 0.717) is 16.5 Å². The Morgan fingerprint density at radius 1 is 0.929 bits per heavy atom. The van der Waals surface area contributed by atoms with Gasteiger partial charge >= 0.3 is 6.09 Å². The predicted octanol–water partition coefficient (Wildman–Crippen LogP) is 6.76. The highest BCUT2D eigenvalue weighted by Gasteiger charge is 2.23. The molecule has 0 bridgehead atoms. The number of nitrogens with one attached hydrogen (secondary N) is 3. The summed E-state index contributed by atoms with van der Waals surface area (Å²) in [5, 5.41) is 9.82. The largest absolute Gasteiger partial charge is 0.453 e. The Hall–Kier alpha value is -3.39. The van der Waals surface area contributed by atoms with Gasteiger partial charge < -0.3 is 25.4 Å². The Balaban J connectivity index is 1.66. The molecule has 3 aromatic carbocycles. The van der Waals surface area contributed by atoms with E-state index in [1.165, 1.54) is 39.2 Å². The first-order valence-electron chi connectivity index (χ1n) is 14.8. The average Bonchev–Trinajstić information content (AvgIpc) is 3.01. The van der Waals surface area contributed by atoms with Crippen molar-refractivity contribution in [2.75, 3.05) is 33.9 Å². The maximum Gasteiger partial charge on any atom is 0.406 e. The fraction of sp³-hybridized carbons (Fsp3) is 0.412. The van der Waals surface area contributed by atoms with Gasteiger partial charge in [0.1, 0.15) is 6.10 Å². The molecule has 0 heterocycles. The number of alkyl carbamates (subject to hydrolysis) is 1. The number of carbonyl (C=O) groups is 2. The summed E-state index contributed by atoms with van der Waals surface area (Å²) in [5.74, 6) is 0.533. The maximum absolute atomic E-state index is 13.8. The van der Waals surface area contributed by atoms with Crippen molar-refractivity contribution < 1.29 is 19.1 Å². The molecule has 2 atom stereocenters. The summed E-state index contributed by atoms with van der Waals surface area (Å²) in [6, 6.07) is 23.4. The third-order valence-electron chi connectivity index (χ3n) is 7.75. The monoisotopic (exact) mass is 591 g/mol. The van der Waals surface area contributed by atoms with E-state index in [2.05, 4.69) is 26.8 Å². The van der Waals surface area contributed by atoms with Gasteiger partial charge in [-0.3, -0.25) is 4.79 Å². The Labute approximate surface area is 254 Å². The summed E-state index contributed by atoms with van der Waals surface area (Å²) in [4.78, 5) is 25.4. The van der Waals surface area contributed by atoms with Crippen LogP contribution in [0.4, 0.5) is 4.79 Å². The van der Waals surface area contributed by atoms with Gasteiger partial charge in [-0.25, -0.2) is 4.79 Å². The van der Waals surface area contributed by atoms with Crippen molar-refractivity contribution in [1.29, 1.82) is 0 Å². The molecule has 0 radical (unpaired) electrons. The molecule has 2 amide bonds. The van der Waals surface area contributed by atoms with Crippen molar-refractivity contribution in [2.45, 2.75) is 50.7 Å². The number of benzene rings is 3. The van der Waals surface area contributed by atoms with Crippen molar-refractivity contribution in [1.82, 2.24) is 16.0 Å². The number of amides is 2. The molecule has 1 unspecified atom stereocenters. The fourth-order valence-corrected chi connectivity index (χ4v) is 5.92. The van der Waals surface area contributed by atoms with E-state index >= 15 is 0 Å². The fourth-order valence-electron chi connectivity index (χ4n) is 5.72. The van der Waals surface area contributed by atoms with Crippen LogP contribution < -0.4 is 16.0 Å². The molecule has 0 spiro atoms. The van der Waals surface area contributed by atoms with Crippen molar-refractivity contribution in [3.8, 4) is 11.1 Å². The van der Waals surface area contributed by atoms with Gasteiger partial charge in [0.15, 0.2) is 0 Å². The van der Waals surface area contributed by atoms with E-state index < -0.39 is 12.2 Å². The number of likely N-dealkylation sites (N-methyl/N-ethyl adjacent to an activating group) is 1. The van der Waals surface area contributed by atoms with Crippen LogP contribution in [0.25, 0.3) is 11.1 Å². The van der Waals surface area contributed by atoms with Crippen molar-refractivity contribution in [3.63, 3.8) is 0 Å². The number of hydrogen-bond donors (Lipinski definition) is 3. The minimum atomic E-state index is -0.521. The Bertz CT molecular complexity index is 1300.